The van der Waals surface area contributed by atoms with Gasteiger partial charge in [0.15, 0.2) is 6.04 Å². The summed E-state index contributed by atoms with van der Waals surface area (Å²) < 4.78 is 22.6. The van der Waals surface area contributed by atoms with Gasteiger partial charge in [0, 0.05) is 0 Å². The first-order valence-electron chi connectivity index (χ1n) is 8.24. The van der Waals surface area contributed by atoms with Gasteiger partial charge in [-0.2, -0.15) is 4.99 Å². The molecule has 2 aliphatic heterocycles. The van der Waals surface area contributed by atoms with Gasteiger partial charge in [-0.3, -0.25) is 25.1 Å². The van der Waals surface area contributed by atoms with Crippen LogP contribution >= 0.6 is 7.60 Å². The number of aliphatic imine (C=N–C) groups is 2. The highest BCUT2D eigenvalue weighted by Gasteiger charge is 2.36. The number of ether oxygens (including phenoxy) is 1. The van der Waals surface area contributed by atoms with Crippen LogP contribution in [0.25, 0.3) is 0 Å². The zero-order valence-electron chi connectivity index (χ0n) is 14.6. The number of amides is 1. The molecule has 3 atom stereocenters. The zero-order chi connectivity index (χ0) is 19.4. The fourth-order valence-electron chi connectivity index (χ4n) is 2.55. The van der Waals surface area contributed by atoms with E-state index in [1.807, 2.05) is 18.2 Å². The van der Waals surface area contributed by atoms with E-state index >= 15 is 0 Å². The van der Waals surface area contributed by atoms with Gasteiger partial charge >= 0.3 is 7.60 Å². The summed E-state index contributed by atoms with van der Waals surface area (Å²) in [5.41, 5.74) is 0.787. The van der Waals surface area contributed by atoms with E-state index in [0.717, 1.165) is 5.56 Å². The van der Waals surface area contributed by atoms with E-state index in [1.54, 1.807) is 24.0 Å². The minimum atomic E-state index is -3.91. The molecule has 2 aliphatic rings. The summed E-state index contributed by atoms with van der Waals surface area (Å²) in [7, 11) is -3.91. The second-order valence-corrected chi connectivity index (χ2v) is 7.92. The molecule has 0 saturated carbocycles. The summed E-state index contributed by atoms with van der Waals surface area (Å²) in [6.07, 6.45) is 0.530. The molecule has 0 aromatic heterocycles. The first-order chi connectivity index (χ1) is 12.8. The number of carbonyl (C=O) groups is 1. The van der Waals surface area contributed by atoms with E-state index in [-0.39, 0.29) is 19.1 Å². The molecule has 1 aromatic carbocycles. The minimum Gasteiger partial charge on any atom is -0.364 e. The monoisotopic (exact) mass is 393 g/mol. The molecule has 3 rings (SSSR count). The SMILES string of the molecule is CC(CN1C=NC2C(=O)NC(=N)N=C21)OCP(=O)(O)OCc1ccccc1. The van der Waals surface area contributed by atoms with Crippen LogP contribution in [0.1, 0.15) is 12.5 Å². The molecule has 27 heavy (non-hydrogen) atoms. The molecule has 10 nitrogen and oxygen atoms in total. The summed E-state index contributed by atoms with van der Waals surface area (Å²) in [6.45, 7) is 1.99. The third-order valence-corrected chi connectivity index (χ3v) is 4.87. The number of guanidine groups is 1. The lowest BCUT2D eigenvalue weighted by Crippen LogP contribution is -2.49. The van der Waals surface area contributed by atoms with Crippen LogP contribution in [-0.2, 0) is 25.2 Å². The van der Waals surface area contributed by atoms with Crippen molar-refractivity contribution in [2.45, 2.75) is 25.7 Å². The highest BCUT2D eigenvalue weighted by Crippen LogP contribution is 2.43. The summed E-state index contributed by atoms with van der Waals surface area (Å²) in [6, 6.07) is 8.30. The lowest BCUT2D eigenvalue weighted by atomic mass is 10.2. The number of hydrogen-bond acceptors (Lipinski definition) is 7. The third kappa shape index (κ3) is 5.08. The van der Waals surface area contributed by atoms with Crippen LogP contribution in [0.3, 0.4) is 0 Å². The van der Waals surface area contributed by atoms with Crippen LogP contribution in [0.2, 0.25) is 0 Å². The van der Waals surface area contributed by atoms with Crippen molar-refractivity contribution in [2.24, 2.45) is 9.98 Å². The maximum Gasteiger partial charge on any atom is 0.353 e. The van der Waals surface area contributed by atoms with Crippen LogP contribution < -0.4 is 5.32 Å². The van der Waals surface area contributed by atoms with Crippen LogP contribution in [0.15, 0.2) is 40.3 Å². The number of benzene rings is 1. The second kappa shape index (κ2) is 8.10. The summed E-state index contributed by atoms with van der Waals surface area (Å²) >= 11 is 0. The smallest absolute Gasteiger partial charge is 0.353 e. The van der Waals surface area contributed by atoms with E-state index in [1.165, 1.54) is 6.34 Å². The molecule has 3 unspecified atom stereocenters. The van der Waals surface area contributed by atoms with Gasteiger partial charge in [0.25, 0.3) is 5.91 Å². The summed E-state index contributed by atoms with van der Waals surface area (Å²) in [5.74, 6) is -0.317. The molecule has 11 heteroatoms. The Balaban J connectivity index is 1.48. The number of carbonyl (C=O) groups excluding carboxylic acids is 1. The van der Waals surface area contributed by atoms with Crippen molar-refractivity contribution < 1.29 is 23.5 Å². The van der Waals surface area contributed by atoms with Gasteiger partial charge in [-0.25, -0.2) is 0 Å². The average molecular weight is 393 g/mol. The standard InChI is InChI=1S/C16H20N5O5P/c1-11(7-21-9-18-13-14(21)19-16(17)20-15(13)22)25-10-27(23,24)26-8-12-5-3-2-4-6-12/h2-6,9,11,13H,7-8,10H2,1H3,(H,23,24)(H2,17,20,22). The van der Waals surface area contributed by atoms with Crippen LogP contribution in [0.5, 0.6) is 0 Å². The van der Waals surface area contributed by atoms with Gasteiger partial charge in [-0.15, -0.1) is 0 Å². The number of hydrogen-bond donors (Lipinski definition) is 3. The predicted octanol–water partition coefficient (Wildman–Crippen LogP) is 0.927. The van der Waals surface area contributed by atoms with Crippen molar-refractivity contribution in [3.63, 3.8) is 0 Å². The van der Waals surface area contributed by atoms with Crippen molar-refractivity contribution in [3.8, 4) is 0 Å². The summed E-state index contributed by atoms with van der Waals surface area (Å²) in [5, 5.41) is 9.80. The van der Waals surface area contributed by atoms with Crippen molar-refractivity contribution in [1.29, 1.82) is 5.41 Å². The second-order valence-electron chi connectivity index (χ2n) is 6.13. The van der Waals surface area contributed by atoms with E-state index in [9.17, 15) is 14.3 Å². The third-order valence-electron chi connectivity index (χ3n) is 3.86. The van der Waals surface area contributed by atoms with Crippen molar-refractivity contribution in [3.05, 3.63) is 35.9 Å². The lowest BCUT2D eigenvalue weighted by Gasteiger charge is -2.25. The van der Waals surface area contributed by atoms with Crippen molar-refractivity contribution in [2.75, 3.05) is 12.9 Å². The molecule has 1 amide bonds. The molecule has 3 N–H and O–H groups in total. The first-order valence-corrected chi connectivity index (χ1v) is 10.0. The van der Waals surface area contributed by atoms with E-state index in [0.29, 0.717) is 5.84 Å². The maximum atomic E-state index is 12.1. The topological polar surface area (TPSA) is 137 Å². The molecule has 144 valence electrons. The number of nitrogens with zero attached hydrogens (tertiary/aromatic N) is 3. The lowest BCUT2D eigenvalue weighted by molar-refractivity contribution is -0.119. The molecule has 0 spiro atoms. The molecular weight excluding hydrogens is 373 g/mol. The first kappa shape index (κ1) is 19.4. The van der Waals surface area contributed by atoms with Crippen molar-refractivity contribution in [1.82, 2.24) is 10.2 Å². The summed E-state index contributed by atoms with van der Waals surface area (Å²) in [4.78, 5) is 31.3. The van der Waals surface area contributed by atoms with Gasteiger partial charge in [-0.1, -0.05) is 30.3 Å². The fraction of sp³-hybridized carbons (Fsp3) is 0.375. The van der Waals surface area contributed by atoms with E-state index in [4.69, 9.17) is 14.7 Å². The van der Waals surface area contributed by atoms with Gasteiger partial charge in [0.05, 0.1) is 25.6 Å². The van der Waals surface area contributed by atoms with E-state index < -0.39 is 32.0 Å². The molecule has 0 bridgehead atoms. The Labute approximate surface area is 156 Å². The molecule has 2 heterocycles. The van der Waals surface area contributed by atoms with Crippen LogP contribution in [0.4, 0.5) is 0 Å². The van der Waals surface area contributed by atoms with E-state index in [2.05, 4.69) is 15.3 Å². The number of amidine groups is 1. The molecule has 0 saturated heterocycles. The number of nitrogens with one attached hydrogen (secondary N) is 2. The van der Waals surface area contributed by atoms with Gasteiger partial charge in [0.2, 0.25) is 5.96 Å². The van der Waals surface area contributed by atoms with Gasteiger partial charge in [-0.05, 0) is 12.5 Å². The maximum absolute atomic E-state index is 12.1. The molecular formula is C16H20N5O5P. The van der Waals surface area contributed by atoms with Gasteiger partial charge in [0.1, 0.15) is 12.2 Å². The van der Waals surface area contributed by atoms with Gasteiger partial charge < -0.3 is 19.1 Å². The normalized spacial score (nSPS) is 22.1. The highest BCUT2D eigenvalue weighted by atomic mass is 31.2. The molecule has 0 radical (unpaired) electrons. The molecule has 1 aromatic rings. The zero-order valence-corrected chi connectivity index (χ0v) is 15.5. The highest BCUT2D eigenvalue weighted by molar-refractivity contribution is 7.52. The Hall–Kier alpha value is -2.39. The van der Waals surface area contributed by atoms with Crippen LogP contribution in [0, 0.1) is 5.41 Å². The molecule has 0 aliphatic carbocycles. The Morgan fingerprint density at radius 2 is 2.15 bits per heavy atom. The predicted molar refractivity (Wildman–Crippen MR) is 98.8 cm³/mol. The largest absolute Gasteiger partial charge is 0.364 e. The quantitative estimate of drug-likeness (QED) is 0.562. The minimum absolute atomic E-state index is 0.0147. The number of fused-ring (bicyclic) bond motifs is 1. The molecule has 0 fully saturated rings. The average Bonchev–Trinajstić information content (AvgIpc) is 3.02. The fourth-order valence-corrected chi connectivity index (χ4v) is 3.41. The Morgan fingerprint density at radius 3 is 2.89 bits per heavy atom. The Kier molecular flexibility index (Phi) is 5.81. The van der Waals surface area contributed by atoms with Crippen LogP contribution in [-0.4, -0.2) is 58.9 Å². The Bertz CT molecular complexity index is 828. The van der Waals surface area contributed by atoms with Crippen molar-refractivity contribution >= 4 is 31.6 Å². The Morgan fingerprint density at radius 1 is 1.41 bits per heavy atom. The number of rotatable bonds is 8.